The van der Waals surface area contributed by atoms with Crippen LogP contribution in [0.15, 0.2) is 191 Å². The lowest BCUT2D eigenvalue weighted by atomic mass is 9.81. The number of hydrogen-bond acceptors (Lipinski definition) is 19. The van der Waals surface area contributed by atoms with Gasteiger partial charge in [0.25, 0.3) is 0 Å². The van der Waals surface area contributed by atoms with Crippen molar-refractivity contribution in [3.05, 3.63) is 249 Å². The maximum absolute atomic E-state index is 14.0. The number of carboxylic acid groups (broad SMARTS) is 1. The van der Waals surface area contributed by atoms with Crippen molar-refractivity contribution >= 4 is 203 Å². The number of ether oxygens (including phenoxy) is 4. The Bertz CT molecular complexity index is 5570. The second-order valence-corrected chi connectivity index (χ2v) is 43.2. The highest BCUT2D eigenvalue weighted by Gasteiger charge is 2.51. The lowest BCUT2D eigenvalue weighted by Gasteiger charge is -2.36. The summed E-state index contributed by atoms with van der Waals surface area (Å²) in [7, 11) is -5.73. The fraction of sp³-hybridized carbons (Fsp3) is 0.439. The molecular weight excluding hydrogens is 2260 g/mol. The van der Waals surface area contributed by atoms with Gasteiger partial charge in [0.05, 0.1) is 48.7 Å². The predicted octanol–water partition coefficient (Wildman–Crippen LogP) is 28.2. The molecule has 6 aromatic rings. The van der Waals surface area contributed by atoms with Gasteiger partial charge in [-0.15, -0.1) is 11.6 Å². The summed E-state index contributed by atoms with van der Waals surface area (Å²) in [4.78, 5) is 66.8. The number of aliphatic hydroxyl groups is 2. The van der Waals surface area contributed by atoms with Gasteiger partial charge >= 0.3 is 45.6 Å². The first-order valence-electron chi connectivity index (χ1n) is 44.2. The van der Waals surface area contributed by atoms with Crippen molar-refractivity contribution in [1.82, 2.24) is 5.32 Å². The van der Waals surface area contributed by atoms with Gasteiger partial charge in [-0.1, -0.05) is 138 Å². The second-order valence-electron chi connectivity index (χ2n) is 33.9. The van der Waals surface area contributed by atoms with E-state index in [1.165, 1.54) is 84.4 Å². The number of amides is 1. The van der Waals surface area contributed by atoms with Crippen LogP contribution >= 0.6 is 131 Å². The summed E-state index contributed by atoms with van der Waals surface area (Å²) < 4.78 is 167. The van der Waals surface area contributed by atoms with Crippen LogP contribution in [0.4, 0.5) is 44.3 Å². The van der Waals surface area contributed by atoms with Crippen LogP contribution in [0, 0.1) is 46.7 Å². The number of nitrogens with zero attached hydrogens (tertiary/aromatic N) is 2. The summed E-state index contributed by atoms with van der Waals surface area (Å²) in [6.07, 6.45) is 18.9. The predicted molar refractivity (Wildman–Crippen MR) is 535 cm³/mol. The second kappa shape index (κ2) is 52.0. The number of esters is 3. The molecule has 0 saturated heterocycles. The zero-order valence-corrected chi connectivity index (χ0v) is 88.2. The lowest BCUT2D eigenvalue weighted by molar-refractivity contribution is -0.139. The third-order valence-electron chi connectivity index (χ3n) is 23.3. The monoisotopic (exact) mass is 2350 g/mol. The summed E-state index contributed by atoms with van der Waals surface area (Å²) in [6, 6.07) is 29.1. The molecule has 2 fully saturated rings. The maximum atomic E-state index is 14.0. The normalized spacial score (nSPS) is 19.9. The Balaban J connectivity index is 0.000000176. The highest BCUT2D eigenvalue weighted by Crippen LogP contribution is 2.54. The van der Waals surface area contributed by atoms with Crippen LogP contribution in [0.1, 0.15) is 229 Å². The van der Waals surface area contributed by atoms with Gasteiger partial charge in [0.15, 0.2) is 10.3 Å². The first-order valence-corrected chi connectivity index (χ1v) is 52.9. The zero-order chi connectivity index (χ0) is 99.7. The van der Waals surface area contributed by atoms with Gasteiger partial charge in [-0.25, -0.2) is 50.3 Å². The molecule has 0 aromatic heterocycles. The minimum atomic E-state index is -5.73. The number of halogens is 16. The molecular formula is C98H106Br6ClF9N4O15S3. The number of fused-ring (bicyclic) bond motifs is 2. The van der Waals surface area contributed by atoms with Crippen LogP contribution in [0.5, 0.6) is 0 Å². The van der Waals surface area contributed by atoms with Crippen molar-refractivity contribution in [3.8, 4) is 0 Å². The molecule has 1 amide bonds. The van der Waals surface area contributed by atoms with Gasteiger partial charge in [-0.05, 0) is 352 Å². The number of carbonyl (C=O) groups excluding carboxylic acids is 4. The minimum absolute atomic E-state index is 0.0382. The average Bonchev–Trinajstić information content (AvgIpc) is 1.58. The van der Waals surface area contributed by atoms with Crippen molar-refractivity contribution in [2.24, 2.45) is 27.6 Å². The van der Waals surface area contributed by atoms with E-state index in [1.807, 2.05) is 51.1 Å². The summed E-state index contributed by atoms with van der Waals surface area (Å²) in [6.45, 7) is 11.4. The number of aliphatic hydroxyl groups excluding tert-OH is 2. The van der Waals surface area contributed by atoms with Gasteiger partial charge in [0.2, 0.25) is 0 Å². The molecule has 6 aromatic carbocycles. The van der Waals surface area contributed by atoms with Gasteiger partial charge in [-0.3, -0.25) is 15.3 Å². The average molecular weight is 2360 g/mol. The lowest BCUT2D eigenvalue weighted by Crippen LogP contribution is -2.41. The Kier molecular flexibility index (Phi) is 43.0. The summed E-state index contributed by atoms with van der Waals surface area (Å²) in [5.41, 5.74) is 11.9. The standard InChI is InChI=1S/C18H22BrFN2O2S.C14H14BrFO2.C13H14BrFN2S.C12H11BrClF.C12H10BrFO2.C12H12BrFO.C9H11F3O5S.C8H12O3/c1-17(2,3)24-16(23)21-15-22-18(6-4-5-11(18)10-25-15)12-7-13(19)9-14(20)8-12;1-2-18-14(17)13-5-3-4-12(13)9-6-10(15)8-11(16)7-9;14-10-4-9(5-11(15)6-10)13-3-1-2-8(13)7-18-12(16)17-13;13-10-4-9(5-11(15)6-10)12-3-1-2-8(12)7-14;13-8-4-7(5-9(14)6-8)10-2-1-3-11(10)12(15)16;13-10-4-9(5-11(14)6-10)12-3-1-2-8(12)7-15;1-2-16-8(13)6-4-3-5-7(6)17-18(14,15)9(10,11)12;1-2-11-8(10)6-4-3-5-7(6)9/h7-9,11H,4-6,10H2,1-3H3,(H,21,22,23);6-8H,2-5H2,1H3;4-6,8H,1-3,7H2,(H2,16,17);4-6H,1-3,7H2;4-6H,1-3H2,(H,15,16);4-6,15H,1-3,7H2;2-5H2,1H3;9H,2-5H2,1H3/t11-,18-;;8-,13-;;;;;/m0.0...../s1. The molecule has 738 valence electrons. The van der Waals surface area contributed by atoms with E-state index >= 15 is 0 Å². The molecule has 136 heavy (non-hydrogen) atoms. The van der Waals surface area contributed by atoms with Gasteiger partial charge < -0.3 is 44.2 Å². The Morgan fingerprint density at radius 2 is 0.853 bits per heavy atom. The van der Waals surface area contributed by atoms with Crippen LogP contribution < -0.4 is 11.1 Å². The first kappa shape index (κ1) is 112. The molecule has 19 nitrogen and oxygen atoms in total. The first-order chi connectivity index (χ1) is 64.3. The molecule has 2 aliphatic heterocycles. The number of aliphatic carboxylic acids is 1. The quantitative estimate of drug-likeness (QED) is 0.0142. The number of carboxylic acids is 1. The smallest absolute Gasteiger partial charge is 0.512 e. The van der Waals surface area contributed by atoms with E-state index in [-0.39, 0.29) is 89.8 Å². The van der Waals surface area contributed by atoms with E-state index in [2.05, 4.69) is 110 Å². The molecule has 0 spiro atoms. The molecule has 2 saturated carbocycles. The van der Waals surface area contributed by atoms with Gasteiger partial charge in [0.1, 0.15) is 52.0 Å². The molecule has 8 aliphatic carbocycles. The van der Waals surface area contributed by atoms with Crippen molar-refractivity contribution in [2.75, 3.05) is 43.8 Å². The van der Waals surface area contributed by atoms with Crippen molar-refractivity contribution in [3.63, 3.8) is 0 Å². The number of thioether (sulfide) groups is 2. The van der Waals surface area contributed by atoms with E-state index < -0.39 is 50.6 Å². The molecule has 16 rings (SSSR count). The molecule has 0 radical (unpaired) electrons. The van der Waals surface area contributed by atoms with Crippen molar-refractivity contribution in [2.45, 2.75) is 218 Å². The summed E-state index contributed by atoms with van der Waals surface area (Å²) in [5, 5.41) is 31.3. The fourth-order valence-electron chi connectivity index (χ4n) is 17.6. The summed E-state index contributed by atoms with van der Waals surface area (Å²) in [5.74, 6) is -1.02. The third kappa shape index (κ3) is 31.9. The number of nitrogens with two attached hydrogens (primary N) is 1. The number of rotatable bonds is 17. The molecule has 0 bridgehead atoms. The molecule has 2 heterocycles. The number of carbonyl (C=O) groups is 5. The highest BCUT2D eigenvalue weighted by molar-refractivity contribution is 9.11. The number of aliphatic imine (C=N–C) groups is 2. The van der Waals surface area contributed by atoms with E-state index in [1.54, 1.807) is 49.9 Å². The van der Waals surface area contributed by atoms with Gasteiger partial charge in [0, 0.05) is 68.2 Å². The Hall–Kier alpha value is -7.20. The number of alkyl carbamates (subject to hydrolysis) is 1. The summed E-state index contributed by atoms with van der Waals surface area (Å²) >= 11 is 28.8. The van der Waals surface area contributed by atoms with E-state index in [0.717, 1.165) is 178 Å². The molecule has 4 atom stereocenters. The van der Waals surface area contributed by atoms with Crippen LogP contribution in [0.25, 0.3) is 22.3 Å². The third-order valence-corrected chi connectivity index (χ3v) is 29.4. The number of amidine groups is 2. The molecule has 38 heteroatoms. The van der Waals surface area contributed by atoms with Crippen LogP contribution in [0.2, 0.25) is 0 Å². The van der Waals surface area contributed by atoms with Crippen LogP contribution in [0.3, 0.4) is 0 Å². The minimum Gasteiger partial charge on any atom is -0.512 e. The number of hydrogen-bond donors (Lipinski definition) is 5. The number of alkyl halides is 4. The Morgan fingerprint density at radius 3 is 1.27 bits per heavy atom. The number of allylic oxidation sites excluding steroid dienone is 7. The number of nitrogens with one attached hydrogen (secondary N) is 1. The van der Waals surface area contributed by atoms with Crippen molar-refractivity contribution in [1.29, 1.82) is 0 Å². The van der Waals surface area contributed by atoms with Crippen molar-refractivity contribution < 1.29 is 110 Å². The molecule has 6 N–H and O–H groups in total. The fourth-order valence-corrected chi connectivity index (χ4v) is 23.4. The van der Waals surface area contributed by atoms with E-state index in [4.69, 9.17) is 51.7 Å². The van der Waals surface area contributed by atoms with Gasteiger partial charge in [-0.2, -0.15) is 21.6 Å². The molecule has 10 aliphatic rings. The Labute approximate surface area is 850 Å². The van der Waals surface area contributed by atoms with Crippen LogP contribution in [-0.4, -0.2) is 119 Å². The maximum Gasteiger partial charge on any atom is 0.534 e. The van der Waals surface area contributed by atoms with Crippen LogP contribution in [-0.2, 0) is 63.5 Å². The van der Waals surface area contributed by atoms with E-state index in [9.17, 15) is 77.0 Å². The number of benzene rings is 6. The zero-order valence-electron chi connectivity index (χ0n) is 75.5. The van der Waals surface area contributed by atoms with E-state index in [0.29, 0.717) is 115 Å². The SMILES string of the molecule is CC(C)(C)OC(=O)NC1=N[C@@]2(c3cc(F)cc(Br)c3)CCC[C@H]2CS1.CCOC(=O)C1=C(O)CCC1.CCOC(=O)C1=C(OS(=O)(=O)C(F)(F)F)CCC1.CCOC(=O)C1=C(c2cc(F)cc(Br)c2)CCC1.Fc1cc(Br)cc(C2=C(CCl)CCC2)c1.NC1=N[C@@]2(c3cc(F)cc(Br)c3)CCC[C@H]2CS1.O=C(O)C1=C(c2cc(F)cc(Br)c2)CCC1.OCC1=C(c2cc(F)cc(Br)c2)CCC1. The topological polar surface area (TPSA) is 289 Å². The largest absolute Gasteiger partial charge is 0.534 e. The molecule has 0 unspecified atom stereocenters. The Morgan fingerprint density at radius 1 is 0.485 bits per heavy atom. The highest BCUT2D eigenvalue weighted by atomic mass is 79.9.